The van der Waals surface area contributed by atoms with Crippen LogP contribution in [0.15, 0.2) is 29.0 Å². The molecule has 1 amide bonds. The molecule has 1 N–H and O–H groups in total. The fourth-order valence-electron chi connectivity index (χ4n) is 3.21. The van der Waals surface area contributed by atoms with Crippen molar-refractivity contribution in [2.75, 3.05) is 0 Å². The van der Waals surface area contributed by atoms with E-state index in [4.69, 9.17) is 0 Å². The Morgan fingerprint density at radius 1 is 1.25 bits per heavy atom. The summed E-state index contributed by atoms with van der Waals surface area (Å²) < 4.78 is 0. The average Bonchev–Trinajstić information content (AvgIpc) is 2.87. The maximum atomic E-state index is 12.6. The minimum atomic E-state index is -1.03. The normalized spacial score (nSPS) is 26.0. The van der Waals surface area contributed by atoms with Crippen LogP contribution < -0.4 is 0 Å². The number of rotatable bonds is 2. The first kappa shape index (κ1) is 13.1. The van der Waals surface area contributed by atoms with Crippen LogP contribution in [0, 0.1) is 11.8 Å². The molecule has 3 rings (SSSR count). The quantitative estimate of drug-likeness (QED) is 0.840. The van der Waals surface area contributed by atoms with Crippen molar-refractivity contribution in [1.29, 1.82) is 0 Å². The van der Waals surface area contributed by atoms with E-state index in [1.54, 1.807) is 0 Å². The third-order valence-corrected chi connectivity index (χ3v) is 4.30. The van der Waals surface area contributed by atoms with Crippen molar-refractivity contribution < 1.29 is 14.7 Å². The number of fused-ring (bicyclic) bond motifs is 1. The summed E-state index contributed by atoms with van der Waals surface area (Å²) >= 11 is 0. The monoisotopic (exact) mass is 274 g/mol. The van der Waals surface area contributed by atoms with Crippen LogP contribution >= 0.6 is 0 Å². The van der Waals surface area contributed by atoms with Crippen LogP contribution in [0.5, 0.6) is 0 Å². The third kappa shape index (κ3) is 2.17. The average molecular weight is 274 g/mol. The number of aliphatic carboxylic acids is 1. The number of amides is 1. The number of carboxylic acids is 1. The molecule has 1 unspecified atom stereocenters. The van der Waals surface area contributed by atoms with E-state index in [9.17, 15) is 14.7 Å². The first-order valence-electron chi connectivity index (χ1n) is 7.21. The molecule has 5 heteroatoms. The Balaban J connectivity index is 1.87. The Bertz CT molecular complexity index is 527. The van der Waals surface area contributed by atoms with Gasteiger partial charge in [0.1, 0.15) is 0 Å². The summed E-state index contributed by atoms with van der Waals surface area (Å²) in [6.07, 6.45) is 11.3. The second-order valence-electron chi connectivity index (χ2n) is 5.58. The molecule has 0 aromatic heterocycles. The lowest BCUT2D eigenvalue weighted by molar-refractivity contribution is -0.134. The highest BCUT2D eigenvalue weighted by Crippen LogP contribution is 2.35. The van der Waals surface area contributed by atoms with Crippen molar-refractivity contribution in [2.45, 2.75) is 38.5 Å². The van der Waals surface area contributed by atoms with Gasteiger partial charge in [-0.05, 0) is 25.3 Å². The van der Waals surface area contributed by atoms with Crippen LogP contribution in [0.1, 0.15) is 38.5 Å². The van der Waals surface area contributed by atoms with Gasteiger partial charge >= 0.3 is 5.97 Å². The molecule has 20 heavy (non-hydrogen) atoms. The van der Waals surface area contributed by atoms with Gasteiger partial charge in [0, 0.05) is 5.92 Å². The molecule has 2 aliphatic carbocycles. The zero-order chi connectivity index (χ0) is 14.1. The highest BCUT2D eigenvalue weighted by molar-refractivity contribution is 6.38. The Morgan fingerprint density at radius 3 is 2.70 bits per heavy atom. The Kier molecular flexibility index (Phi) is 3.42. The highest BCUT2D eigenvalue weighted by Gasteiger charge is 2.40. The molecule has 1 heterocycles. The molecule has 0 radical (unpaired) electrons. The Morgan fingerprint density at radius 2 is 2.00 bits per heavy atom. The summed E-state index contributed by atoms with van der Waals surface area (Å²) in [5.41, 5.74) is 0.810. The number of hydrogen-bond acceptors (Lipinski definition) is 3. The fourth-order valence-corrected chi connectivity index (χ4v) is 3.21. The molecular weight excluding hydrogens is 256 g/mol. The predicted octanol–water partition coefficient (Wildman–Crippen LogP) is 2.31. The summed E-state index contributed by atoms with van der Waals surface area (Å²) in [7, 11) is 0. The number of allylic oxidation sites excluding steroid dienone is 4. The zero-order valence-electron chi connectivity index (χ0n) is 11.3. The van der Waals surface area contributed by atoms with Crippen molar-refractivity contribution in [3.8, 4) is 0 Å². The molecule has 106 valence electrons. The van der Waals surface area contributed by atoms with Crippen LogP contribution in [0.3, 0.4) is 0 Å². The highest BCUT2D eigenvalue weighted by atomic mass is 16.4. The smallest absolute Gasteiger partial charge is 0.352 e. The van der Waals surface area contributed by atoms with E-state index >= 15 is 0 Å². The molecule has 0 aromatic carbocycles. The second-order valence-corrected chi connectivity index (χ2v) is 5.58. The molecule has 0 bridgehead atoms. The van der Waals surface area contributed by atoms with Crippen LogP contribution in [0.2, 0.25) is 0 Å². The first-order valence-corrected chi connectivity index (χ1v) is 7.21. The van der Waals surface area contributed by atoms with E-state index in [-0.39, 0.29) is 23.5 Å². The number of carbonyl (C=O) groups excluding carboxylic acids is 1. The van der Waals surface area contributed by atoms with Crippen LogP contribution in [0.25, 0.3) is 0 Å². The lowest BCUT2D eigenvalue weighted by atomic mass is 9.87. The number of nitrogens with zero attached hydrogens (tertiary/aromatic N) is 2. The van der Waals surface area contributed by atoms with E-state index in [0.717, 1.165) is 31.4 Å². The first-order chi connectivity index (χ1) is 9.68. The maximum Gasteiger partial charge on any atom is 0.352 e. The molecule has 5 nitrogen and oxygen atoms in total. The second kappa shape index (κ2) is 5.23. The largest absolute Gasteiger partial charge is 0.477 e. The Labute approximate surface area is 117 Å². The van der Waals surface area contributed by atoms with E-state index in [1.165, 1.54) is 11.4 Å². The molecule has 1 aliphatic heterocycles. The van der Waals surface area contributed by atoms with Crippen molar-refractivity contribution in [3.05, 3.63) is 23.9 Å². The number of carbonyl (C=O) groups is 2. The van der Waals surface area contributed by atoms with Gasteiger partial charge in [-0.15, -0.1) is 0 Å². The molecule has 0 aromatic rings. The van der Waals surface area contributed by atoms with Gasteiger partial charge in [0.05, 0.1) is 11.6 Å². The third-order valence-electron chi connectivity index (χ3n) is 4.30. The zero-order valence-corrected chi connectivity index (χ0v) is 11.3. The van der Waals surface area contributed by atoms with E-state index < -0.39 is 5.97 Å². The molecule has 1 saturated carbocycles. The van der Waals surface area contributed by atoms with E-state index in [1.807, 2.05) is 18.2 Å². The number of hydrazone groups is 1. The van der Waals surface area contributed by atoms with Gasteiger partial charge in [-0.3, -0.25) is 4.79 Å². The van der Waals surface area contributed by atoms with Crippen molar-refractivity contribution in [3.63, 3.8) is 0 Å². The number of carboxylic acid groups (broad SMARTS) is 1. The van der Waals surface area contributed by atoms with Crippen LogP contribution in [-0.2, 0) is 9.59 Å². The summed E-state index contributed by atoms with van der Waals surface area (Å²) in [6, 6.07) is 0. The standard InChI is InChI=1S/C15H18N2O3/c18-14(10-6-2-1-3-7-10)17-12-9-5-4-8-11(12)13(16-17)15(19)20/h4-5,9-11H,1-3,6-8H2,(H,19,20). The molecule has 0 spiro atoms. The minimum Gasteiger partial charge on any atom is -0.477 e. The van der Waals surface area contributed by atoms with Gasteiger partial charge < -0.3 is 5.11 Å². The van der Waals surface area contributed by atoms with Gasteiger partial charge in [-0.1, -0.05) is 31.4 Å². The summed E-state index contributed by atoms with van der Waals surface area (Å²) in [4.78, 5) is 23.9. The fraction of sp³-hybridized carbons (Fsp3) is 0.533. The lowest BCUT2D eigenvalue weighted by Crippen LogP contribution is -2.32. The molecule has 3 aliphatic rings. The topological polar surface area (TPSA) is 70.0 Å². The SMILES string of the molecule is O=C(O)C1=NN(C(=O)C2CCCCC2)C2=CC=CCC21. The van der Waals surface area contributed by atoms with Crippen molar-refractivity contribution >= 4 is 17.6 Å². The van der Waals surface area contributed by atoms with Gasteiger partial charge in [0.2, 0.25) is 5.91 Å². The van der Waals surface area contributed by atoms with Gasteiger partial charge in [0.15, 0.2) is 5.71 Å². The molecular formula is C15H18N2O3. The van der Waals surface area contributed by atoms with Crippen molar-refractivity contribution in [1.82, 2.24) is 5.01 Å². The maximum absolute atomic E-state index is 12.6. The predicted molar refractivity (Wildman–Crippen MR) is 73.8 cm³/mol. The molecule has 1 atom stereocenters. The van der Waals surface area contributed by atoms with Gasteiger partial charge in [-0.2, -0.15) is 5.10 Å². The van der Waals surface area contributed by atoms with E-state index in [0.29, 0.717) is 6.42 Å². The van der Waals surface area contributed by atoms with Gasteiger partial charge in [0.25, 0.3) is 0 Å². The molecule has 1 fully saturated rings. The van der Waals surface area contributed by atoms with E-state index in [2.05, 4.69) is 5.10 Å². The summed E-state index contributed by atoms with van der Waals surface area (Å²) in [5.74, 6) is -1.35. The minimum absolute atomic E-state index is 0.00639. The molecule has 0 saturated heterocycles. The van der Waals surface area contributed by atoms with Crippen molar-refractivity contribution in [2.24, 2.45) is 16.9 Å². The van der Waals surface area contributed by atoms with Crippen LogP contribution in [0.4, 0.5) is 0 Å². The van der Waals surface area contributed by atoms with Crippen LogP contribution in [-0.4, -0.2) is 27.7 Å². The summed E-state index contributed by atoms with van der Waals surface area (Å²) in [5, 5.41) is 14.7. The summed E-state index contributed by atoms with van der Waals surface area (Å²) in [6.45, 7) is 0. The number of hydrogen-bond donors (Lipinski definition) is 1. The van der Waals surface area contributed by atoms with Gasteiger partial charge in [-0.25, -0.2) is 9.80 Å². The lowest BCUT2D eigenvalue weighted by Gasteiger charge is -2.26. The Hall–Kier alpha value is -1.91.